The number of rotatable bonds is 3. The Hall–Kier alpha value is -2.47. The maximum atomic E-state index is 9.59. The second-order valence-electron chi connectivity index (χ2n) is 6.03. The lowest BCUT2D eigenvalue weighted by Gasteiger charge is -2.26. The van der Waals surface area contributed by atoms with E-state index in [0.29, 0.717) is 12.0 Å². The fraction of sp³-hybridized carbons (Fsp3) is 0.353. The number of H-pyrrole nitrogens is 1. The molecule has 1 saturated carbocycles. The minimum atomic E-state index is -0.157. The van der Waals surface area contributed by atoms with Gasteiger partial charge in [-0.25, -0.2) is 9.97 Å². The van der Waals surface area contributed by atoms with Gasteiger partial charge in [0.05, 0.1) is 17.3 Å². The molecular formula is C17H19N5O. The van der Waals surface area contributed by atoms with E-state index in [9.17, 15) is 5.11 Å². The Balaban J connectivity index is 1.59. The fourth-order valence-electron chi connectivity index (χ4n) is 3.12. The van der Waals surface area contributed by atoms with Crippen molar-refractivity contribution in [2.45, 2.75) is 37.8 Å². The molecule has 2 heterocycles. The van der Waals surface area contributed by atoms with Crippen LogP contribution >= 0.6 is 0 Å². The van der Waals surface area contributed by atoms with Gasteiger partial charge in [-0.2, -0.15) is 5.10 Å². The van der Waals surface area contributed by atoms with Gasteiger partial charge in [0.2, 0.25) is 5.95 Å². The van der Waals surface area contributed by atoms with E-state index >= 15 is 0 Å². The van der Waals surface area contributed by atoms with Gasteiger partial charge in [0.1, 0.15) is 5.69 Å². The van der Waals surface area contributed by atoms with E-state index in [0.717, 1.165) is 48.0 Å². The molecule has 2 aromatic heterocycles. The van der Waals surface area contributed by atoms with Crippen molar-refractivity contribution >= 4 is 16.9 Å². The topological polar surface area (TPSA) is 86.7 Å². The number of aliphatic hydroxyl groups is 1. The zero-order chi connectivity index (χ0) is 15.6. The summed E-state index contributed by atoms with van der Waals surface area (Å²) in [6.45, 7) is 0. The van der Waals surface area contributed by atoms with Crippen LogP contribution in [0.5, 0.6) is 0 Å². The van der Waals surface area contributed by atoms with Gasteiger partial charge in [-0.1, -0.05) is 18.2 Å². The molecule has 1 aromatic carbocycles. The lowest BCUT2D eigenvalue weighted by Crippen LogP contribution is -2.28. The highest BCUT2D eigenvalue weighted by molar-refractivity contribution is 5.91. The highest BCUT2D eigenvalue weighted by atomic mass is 16.3. The molecule has 0 unspecified atom stereocenters. The van der Waals surface area contributed by atoms with Crippen molar-refractivity contribution in [3.63, 3.8) is 0 Å². The summed E-state index contributed by atoms with van der Waals surface area (Å²) in [5.74, 6) is 0.621. The van der Waals surface area contributed by atoms with Crippen LogP contribution in [0.1, 0.15) is 25.7 Å². The molecule has 23 heavy (non-hydrogen) atoms. The number of nitrogens with one attached hydrogen (secondary N) is 2. The van der Waals surface area contributed by atoms with Gasteiger partial charge in [-0.15, -0.1) is 0 Å². The summed E-state index contributed by atoms with van der Waals surface area (Å²) in [6.07, 6.45) is 5.16. The lowest BCUT2D eigenvalue weighted by atomic mass is 9.93. The molecule has 0 saturated heterocycles. The molecule has 0 atom stereocenters. The molecule has 1 aliphatic rings. The molecule has 0 radical (unpaired) electrons. The second-order valence-corrected chi connectivity index (χ2v) is 6.03. The third-order valence-electron chi connectivity index (χ3n) is 4.40. The average Bonchev–Trinajstić information content (AvgIpc) is 3.01. The molecule has 1 aliphatic carbocycles. The Labute approximate surface area is 134 Å². The van der Waals surface area contributed by atoms with E-state index in [4.69, 9.17) is 0 Å². The summed E-state index contributed by atoms with van der Waals surface area (Å²) >= 11 is 0. The SMILES string of the molecule is OC1CCC(Nc2nccc(-c3n[nH]c4ccccc34)n2)CC1. The predicted molar refractivity (Wildman–Crippen MR) is 89.0 cm³/mol. The van der Waals surface area contributed by atoms with Crippen LogP contribution in [0.15, 0.2) is 36.5 Å². The van der Waals surface area contributed by atoms with Crippen LogP contribution in [0.4, 0.5) is 5.95 Å². The first-order chi connectivity index (χ1) is 11.3. The van der Waals surface area contributed by atoms with Gasteiger partial charge in [0, 0.05) is 17.6 Å². The zero-order valence-electron chi connectivity index (χ0n) is 12.7. The normalized spacial score (nSPS) is 21.4. The maximum Gasteiger partial charge on any atom is 0.223 e. The summed E-state index contributed by atoms with van der Waals surface area (Å²) in [7, 11) is 0. The number of hydrogen-bond acceptors (Lipinski definition) is 5. The first-order valence-corrected chi connectivity index (χ1v) is 8.01. The summed E-state index contributed by atoms with van der Waals surface area (Å²) in [5, 5.41) is 21.4. The number of hydrogen-bond donors (Lipinski definition) is 3. The third kappa shape index (κ3) is 2.90. The van der Waals surface area contributed by atoms with Crippen molar-refractivity contribution in [3.8, 4) is 11.4 Å². The Morgan fingerprint density at radius 1 is 1.09 bits per heavy atom. The van der Waals surface area contributed by atoms with Gasteiger partial charge in [-0.3, -0.25) is 5.10 Å². The molecule has 0 aliphatic heterocycles. The maximum absolute atomic E-state index is 9.59. The van der Waals surface area contributed by atoms with Crippen LogP contribution in [0.3, 0.4) is 0 Å². The van der Waals surface area contributed by atoms with Crippen LogP contribution in [0.25, 0.3) is 22.3 Å². The number of para-hydroxylation sites is 1. The van der Waals surface area contributed by atoms with E-state index in [-0.39, 0.29) is 6.10 Å². The largest absolute Gasteiger partial charge is 0.393 e. The smallest absolute Gasteiger partial charge is 0.223 e. The highest BCUT2D eigenvalue weighted by Crippen LogP contribution is 2.26. The van der Waals surface area contributed by atoms with Gasteiger partial charge >= 0.3 is 0 Å². The first kappa shape index (κ1) is 14.1. The van der Waals surface area contributed by atoms with Crippen LogP contribution < -0.4 is 5.32 Å². The van der Waals surface area contributed by atoms with E-state index < -0.39 is 0 Å². The quantitative estimate of drug-likeness (QED) is 0.692. The number of anilines is 1. The number of aliphatic hydroxyl groups excluding tert-OH is 1. The Bertz CT molecular complexity index is 807. The van der Waals surface area contributed by atoms with Gasteiger partial charge in [0.15, 0.2) is 0 Å². The van der Waals surface area contributed by atoms with Gasteiger partial charge in [0.25, 0.3) is 0 Å². The van der Waals surface area contributed by atoms with Crippen LogP contribution in [-0.4, -0.2) is 37.4 Å². The van der Waals surface area contributed by atoms with E-state index in [1.54, 1.807) is 6.20 Å². The molecular weight excluding hydrogens is 290 g/mol. The van der Waals surface area contributed by atoms with E-state index in [1.165, 1.54) is 0 Å². The molecule has 6 heteroatoms. The van der Waals surface area contributed by atoms with Crippen molar-refractivity contribution in [2.75, 3.05) is 5.32 Å². The molecule has 3 aromatic rings. The third-order valence-corrected chi connectivity index (χ3v) is 4.40. The Morgan fingerprint density at radius 3 is 2.78 bits per heavy atom. The van der Waals surface area contributed by atoms with E-state index in [2.05, 4.69) is 25.5 Å². The zero-order valence-corrected chi connectivity index (χ0v) is 12.7. The number of nitrogens with zero attached hydrogens (tertiary/aromatic N) is 3. The average molecular weight is 309 g/mol. The van der Waals surface area contributed by atoms with Crippen molar-refractivity contribution in [1.29, 1.82) is 0 Å². The molecule has 3 N–H and O–H groups in total. The van der Waals surface area contributed by atoms with Crippen LogP contribution in [-0.2, 0) is 0 Å². The van der Waals surface area contributed by atoms with Gasteiger partial charge in [-0.05, 0) is 37.8 Å². The summed E-state index contributed by atoms with van der Waals surface area (Å²) < 4.78 is 0. The number of aromatic nitrogens is 4. The minimum absolute atomic E-state index is 0.157. The molecule has 1 fully saturated rings. The fourth-order valence-corrected chi connectivity index (χ4v) is 3.12. The number of fused-ring (bicyclic) bond motifs is 1. The Morgan fingerprint density at radius 2 is 1.91 bits per heavy atom. The second kappa shape index (κ2) is 5.96. The van der Waals surface area contributed by atoms with Crippen molar-refractivity contribution < 1.29 is 5.11 Å². The predicted octanol–water partition coefficient (Wildman–Crippen LogP) is 2.74. The van der Waals surface area contributed by atoms with Crippen LogP contribution in [0.2, 0.25) is 0 Å². The molecule has 4 rings (SSSR count). The lowest BCUT2D eigenvalue weighted by molar-refractivity contribution is 0.126. The minimum Gasteiger partial charge on any atom is -0.393 e. The molecule has 0 amide bonds. The number of benzene rings is 1. The molecule has 118 valence electrons. The molecule has 6 nitrogen and oxygen atoms in total. The van der Waals surface area contributed by atoms with E-state index in [1.807, 2.05) is 30.3 Å². The summed E-state index contributed by atoms with van der Waals surface area (Å²) in [6, 6.07) is 10.2. The van der Waals surface area contributed by atoms with Crippen molar-refractivity contribution in [3.05, 3.63) is 36.5 Å². The highest BCUT2D eigenvalue weighted by Gasteiger charge is 2.20. The number of aromatic amines is 1. The van der Waals surface area contributed by atoms with Crippen LogP contribution in [0, 0.1) is 0 Å². The molecule has 0 spiro atoms. The molecule has 0 bridgehead atoms. The van der Waals surface area contributed by atoms with Crippen molar-refractivity contribution in [1.82, 2.24) is 20.2 Å². The Kier molecular flexibility index (Phi) is 3.67. The monoisotopic (exact) mass is 309 g/mol. The standard InChI is InChI=1S/C17H19N5O/c23-12-7-5-11(6-8-12)19-17-18-10-9-15(20-17)16-13-3-1-2-4-14(13)21-22-16/h1-4,9-12,23H,5-8H2,(H,21,22)(H,18,19,20). The first-order valence-electron chi connectivity index (χ1n) is 8.01. The summed E-state index contributed by atoms with van der Waals surface area (Å²) in [5.41, 5.74) is 2.64. The van der Waals surface area contributed by atoms with Crippen molar-refractivity contribution in [2.24, 2.45) is 0 Å². The summed E-state index contributed by atoms with van der Waals surface area (Å²) in [4.78, 5) is 8.93. The van der Waals surface area contributed by atoms with Gasteiger partial charge < -0.3 is 10.4 Å².